The van der Waals surface area contributed by atoms with Gasteiger partial charge in [-0.25, -0.2) is 22.4 Å². The van der Waals surface area contributed by atoms with E-state index in [2.05, 4.69) is 0 Å². The maximum Gasteiger partial charge on any atom is 0.331 e. The maximum absolute atomic E-state index is 12.7. The van der Waals surface area contributed by atoms with Crippen LogP contribution in [0.4, 0.5) is 26.3 Å². The highest BCUT2D eigenvalue weighted by Gasteiger charge is 2.52. The van der Waals surface area contributed by atoms with Crippen LogP contribution >= 0.6 is 0 Å². The molecule has 2 atom stereocenters. The van der Waals surface area contributed by atoms with Crippen LogP contribution in [-0.4, -0.2) is 35.8 Å². The highest BCUT2D eigenvalue weighted by atomic mass is 19.3. The summed E-state index contributed by atoms with van der Waals surface area (Å²) in [7, 11) is 0. The summed E-state index contributed by atoms with van der Waals surface area (Å²) in [6.45, 7) is 0.778. The van der Waals surface area contributed by atoms with E-state index in [1.165, 1.54) is 0 Å². The van der Waals surface area contributed by atoms with E-state index in [0.29, 0.717) is 0 Å². The van der Waals surface area contributed by atoms with Gasteiger partial charge in [-0.15, -0.1) is 0 Å². The quantitative estimate of drug-likeness (QED) is 0.601. The third kappa shape index (κ3) is 3.42. The average molecular weight is 250 g/mol. The van der Waals surface area contributed by atoms with Crippen molar-refractivity contribution in [1.29, 1.82) is 0 Å². The van der Waals surface area contributed by atoms with E-state index in [-0.39, 0.29) is 6.08 Å². The lowest BCUT2D eigenvalue weighted by molar-refractivity contribution is -0.155. The number of carbonyl (C=O) groups is 1. The number of hydrogen-bond donors (Lipinski definition) is 1. The van der Waals surface area contributed by atoms with Crippen molar-refractivity contribution in [1.82, 2.24) is 0 Å². The van der Waals surface area contributed by atoms with Gasteiger partial charge in [-0.2, -0.15) is 8.78 Å². The minimum Gasteiger partial charge on any atom is -0.478 e. The highest BCUT2D eigenvalue weighted by Crippen LogP contribution is 2.32. The third-order valence-electron chi connectivity index (χ3n) is 1.69. The van der Waals surface area contributed by atoms with Crippen LogP contribution in [0.2, 0.25) is 0 Å². The van der Waals surface area contributed by atoms with Gasteiger partial charge in [-0.3, -0.25) is 0 Å². The van der Waals surface area contributed by atoms with Gasteiger partial charge >= 0.3 is 11.9 Å². The molecular formula is C8H8F6O2. The van der Waals surface area contributed by atoms with Gasteiger partial charge in [-0.05, 0) is 13.0 Å². The van der Waals surface area contributed by atoms with E-state index in [1.807, 2.05) is 0 Å². The zero-order chi connectivity index (χ0) is 13.1. The molecule has 2 nitrogen and oxygen atoms in total. The van der Waals surface area contributed by atoms with Gasteiger partial charge in [0.2, 0.25) is 6.17 Å². The lowest BCUT2D eigenvalue weighted by Gasteiger charge is -2.21. The Balaban J connectivity index is 4.90. The molecule has 94 valence electrons. The molecule has 0 saturated carbocycles. The summed E-state index contributed by atoms with van der Waals surface area (Å²) in [5, 5.41) is 8.22. The minimum atomic E-state index is -4.97. The Morgan fingerprint density at radius 3 is 2.00 bits per heavy atom. The molecule has 0 aliphatic rings. The molecule has 0 aromatic carbocycles. The van der Waals surface area contributed by atoms with E-state index >= 15 is 0 Å². The van der Waals surface area contributed by atoms with Gasteiger partial charge in [0.1, 0.15) is 0 Å². The standard InChI is InChI=1S/C8H8F6O2/c1-3(7(15)16)2-4(9)8(13,14)5(10)6(11)12/h2,4-6H,1H3,(H,15,16). The van der Waals surface area contributed by atoms with Crippen molar-refractivity contribution in [2.75, 3.05) is 0 Å². The fourth-order valence-corrected chi connectivity index (χ4v) is 0.722. The van der Waals surface area contributed by atoms with Crippen LogP contribution in [0.15, 0.2) is 11.6 Å². The Morgan fingerprint density at radius 2 is 1.69 bits per heavy atom. The Morgan fingerprint density at radius 1 is 1.25 bits per heavy atom. The summed E-state index contributed by atoms with van der Waals surface area (Å²) < 4.78 is 73.5. The summed E-state index contributed by atoms with van der Waals surface area (Å²) >= 11 is 0. The molecule has 0 fully saturated rings. The lowest BCUT2D eigenvalue weighted by atomic mass is 10.1. The second-order valence-corrected chi connectivity index (χ2v) is 2.97. The smallest absolute Gasteiger partial charge is 0.331 e. The molecule has 0 aliphatic carbocycles. The van der Waals surface area contributed by atoms with E-state index in [1.54, 1.807) is 0 Å². The van der Waals surface area contributed by atoms with Gasteiger partial charge < -0.3 is 5.11 Å². The molecule has 0 saturated heterocycles. The molecule has 0 heterocycles. The van der Waals surface area contributed by atoms with Gasteiger partial charge in [0.25, 0.3) is 6.43 Å². The predicted molar refractivity (Wildman–Crippen MR) is 42.1 cm³/mol. The first kappa shape index (κ1) is 14.8. The van der Waals surface area contributed by atoms with Crippen molar-refractivity contribution in [2.24, 2.45) is 0 Å². The van der Waals surface area contributed by atoms with E-state index in [9.17, 15) is 31.1 Å². The van der Waals surface area contributed by atoms with Crippen LogP contribution in [0.25, 0.3) is 0 Å². The second kappa shape index (κ2) is 5.22. The van der Waals surface area contributed by atoms with Crippen LogP contribution in [0.1, 0.15) is 6.92 Å². The summed E-state index contributed by atoms with van der Waals surface area (Å²) in [4.78, 5) is 10.1. The van der Waals surface area contributed by atoms with Crippen LogP contribution in [-0.2, 0) is 4.79 Å². The van der Waals surface area contributed by atoms with E-state index in [4.69, 9.17) is 5.11 Å². The molecule has 0 amide bonds. The fraction of sp³-hybridized carbons (Fsp3) is 0.625. The van der Waals surface area contributed by atoms with E-state index in [0.717, 1.165) is 6.92 Å². The Labute approximate surface area is 86.6 Å². The van der Waals surface area contributed by atoms with Crippen molar-refractivity contribution in [2.45, 2.75) is 31.6 Å². The van der Waals surface area contributed by atoms with Crippen LogP contribution in [0.5, 0.6) is 0 Å². The van der Waals surface area contributed by atoms with Crippen molar-refractivity contribution >= 4 is 5.97 Å². The SMILES string of the molecule is CC(=CC(F)C(F)(F)C(F)C(F)F)C(=O)O. The first-order valence-electron chi connectivity index (χ1n) is 3.96. The molecule has 0 rings (SSSR count). The summed E-state index contributed by atoms with van der Waals surface area (Å²) in [6, 6.07) is 0. The molecular weight excluding hydrogens is 242 g/mol. The minimum absolute atomic E-state index is 0.114. The Bertz CT molecular complexity index is 288. The summed E-state index contributed by atoms with van der Waals surface area (Å²) in [5.74, 6) is -6.67. The highest BCUT2D eigenvalue weighted by molar-refractivity contribution is 5.85. The monoisotopic (exact) mass is 250 g/mol. The molecule has 0 bridgehead atoms. The Kier molecular flexibility index (Phi) is 4.82. The van der Waals surface area contributed by atoms with Crippen molar-refractivity contribution in [3.05, 3.63) is 11.6 Å². The first-order valence-corrected chi connectivity index (χ1v) is 3.96. The predicted octanol–water partition coefficient (Wildman–Crippen LogP) is 2.59. The molecule has 16 heavy (non-hydrogen) atoms. The number of aliphatic carboxylic acids is 1. The van der Waals surface area contributed by atoms with Crippen LogP contribution in [0, 0.1) is 0 Å². The third-order valence-corrected chi connectivity index (χ3v) is 1.69. The van der Waals surface area contributed by atoms with Crippen LogP contribution < -0.4 is 0 Å². The van der Waals surface area contributed by atoms with E-state index < -0.39 is 36.2 Å². The molecule has 0 aliphatic heterocycles. The molecule has 1 N–H and O–H groups in total. The van der Waals surface area contributed by atoms with Crippen molar-refractivity contribution < 1.29 is 36.2 Å². The van der Waals surface area contributed by atoms with Crippen molar-refractivity contribution in [3.8, 4) is 0 Å². The normalized spacial score (nSPS) is 17.4. The zero-order valence-corrected chi connectivity index (χ0v) is 7.93. The second-order valence-electron chi connectivity index (χ2n) is 2.97. The Hall–Kier alpha value is -1.21. The number of hydrogen-bond acceptors (Lipinski definition) is 1. The number of rotatable bonds is 5. The molecule has 2 unspecified atom stereocenters. The molecule has 0 aromatic rings. The van der Waals surface area contributed by atoms with Gasteiger partial charge in [0, 0.05) is 5.57 Å². The average Bonchev–Trinajstić information content (AvgIpc) is 2.15. The zero-order valence-electron chi connectivity index (χ0n) is 7.93. The number of carboxylic acids is 1. The topological polar surface area (TPSA) is 37.3 Å². The summed E-state index contributed by atoms with van der Waals surface area (Å²) in [6.07, 6.45) is -11.6. The first-order chi connectivity index (χ1) is 7.10. The molecule has 0 radical (unpaired) electrons. The number of allylic oxidation sites excluding steroid dienone is 1. The molecule has 8 heteroatoms. The van der Waals surface area contributed by atoms with Gasteiger partial charge in [0.15, 0.2) is 6.17 Å². The van der Waals surface area contributed by atoms with Gasteiger partial charge in [-0.1, -0.05) is 0 Å². The summed E-state index contributed by atoms with van der Waals surface area (Å²) in [5.41, 5.74) is -0.825. The number of carboxylic acid groups (broad SMARTS) is 1. The lowest BCUT2D eigenvalue weighted by Crippen LogP contribution is -2.43. The largest absolute Gasteiger partial charge is 0.478 e. The number of alkyl halides is 6. The molecule has 0 spiro atoms. The van der Waals surface area contributed by atoms with Crippen molar-refractivity contribution in [3.63, 3.8) is 0 Å². The maximum atomic E-state index is 12.7. The van der Waals surface area contributed by atoms with Gasteiger partial charge in [0.05, 0.1) is 0 Å². The van der Waals surface area contributed by atoms with Crippen LogP contribution in [0.3, 0.4) is 0 Å². The molecule has 0 aromatic heterocycles. The fourth-order valence-electron chi connectivity index (χ4n) is 0.722. The number of halogens is 6.